The molecule has 1 atom stereocenters. The number of hydrogen-bond donors (Lipinski definition) is 0. The second kappa shape index (κ2) is 6.29. The number of hydrogen-bond acceptors (Lipinski definition) is 5. The van der Waals surface area contributed by atoms with Crippen molar-refractivity contribution in [3.05, 3.63) is 53.0 Å². The number of thiazole rings is 1. The van der Waals surface area contributed by atoms with Crippen LogP contribution in [0.3, 0.4) is 0 Å². The number of aromatic nitrogens is 1. The van der Waals surface area contributed by atoms with Crippen molar-refractivity contribution in [2.45, 2.75) is 18.9 Å². The van der Waals surface area contributed by atoms with Crippen molar-refractivity contribution in [1.29, 1.82) is 0 Å². The minimum Gasteiger partial charge on any atom is -0.486 e. The predicted molar refractivity (Wildman–Crippen MR) is 100 cm³/mol. The predicted octanol–water partition coefficient (Wildman–Crippen LogP) is 4.04. The van der Waals surface area contributed by atoms with Crippen molar-refractivity contribution in [1.82, 2.24) is 9.88 Å². The molecule has 6 heteroatoms. The Morgan fingerprint density at radius 2 is 2.00 bits per heavy atom. The van der Waals surface area contributed by atoms with Crippen LogP contribution in [0.15, 0.2) is 41.9 Å². The monoisotopic (exact) mass is 366 g/mol. The van der Waals surface area contributed by atoms with E-state index < -0.39 is 0 Å². The molecule has 1 fully saturated rings. The number of fused-ring (bicyclic) bond motifs is 2. The molecule has 2 aliphatic rings. The standard InChI is InChI=1S/C20H18N2O3S/c23-20(14-3-5-15-19(11-14)26-12-21-15)22-7-1-2-16(22)13-4-6-17-18(10-13)25-9-8-24-17/h3-6,10-12,16H,1-2,7-9H2/t16-/m1/s1. The summed E-state index contributed by atoms with van der Waals surface area (Å²) in [5.74, 6) is 1.64. The Kier molecular flexibility index (Phi) is 3.78. The molecule has 1 saturated heterocycles. The summed E-state index contributed by atoms with van der Waals surface area (Å²) >= 11 is 1.56. The molecular weight excluding hydrogens is 348 g/mol. The van der Waals surface area contributed by atoms with Gasteiger partial charge >= 0.3 is 0 Å². The lowest BCUT2D eigenvalue weighted by Crippen LogP contribution is -2.30. The molecule has 1 aromatic heterocycles. The molecule has 0 spiro atoms. The van der Waals surface area contributed by atoms with Gasteiger partial charge in [0.1, 0.15) is 13.2 Å². The van der Waals surface area contributed by atoms with Gasteiger partial charge < -0.3 is 14.4 Å². The Morgan fingerprint density at radius 1 is 1.12 bits per heavy atom. The lowest BCUT2D eigenvalue weighted by atomic mass is 10.0. The van der Waals surface area contributed by atoms with Gasteiger partial charge in [-0.3, -0.25) is 4.79 Å². The molecule has 0 unspecified atom stereocenters. The summed E-state index contributed by atoms with van der Waals surface area (Å²) in [4.78, 5) is 19.4. The molecular formula is C20H18N2O3S. The zero-order valence-corrected chi connectivity index (χ0v) is 15.0. The summed E-state index contributed by atoms with van der Waals surface area (Å²) in [6, 6.07) is 11.9. The van der Waals surface area contributed by atoms with Gasteiger partial charge in [0.05, 0.1) is 21.8 Å². The van der Waals surface area contributed by atoms with Crippen molar-refractivity contribution in [3.8, 4) is 11.5 Å². The number of benzene rings is 2. The molecule has 0 radical (unpaired) electrons. The number of rotatable bonds is 2. The van der Waals surface area contributed by atoms with Crippen molar-refractivity contribution in [2.24, 2.45) is 0 Å². The Hall–Kier alpha value is -2.60. The summed E-state index contributed by atoms with van der Waals surface area (Å²) in [7, 11) is 0. The lowest BCUT2D eigenvalue weighted by Gasteiger charge is -2.27. The van der Waals surface area contributed by atoms with E-state index in [0.717, 1.165) is 52.2 Å². The van der Waals surface area contributed by atoms with Gasteiger partial charge in [-0.2, -0.15) is 0 Å². The second-order valence-corrected chi connectivity index (χ2v) is 7.48. The first kappa shape index (κ1) is 15.6. The van der Waals surface area contributed by atoms with E-state index >= 15 is 0 Å². The third-order valence-electron chi connectivity index (χ3n) is 5.04. The molecule has 5 nitrogen and oxygen atoms in total. The Balaban J connectivity index is 1.45. The van der Waals surface area contributed by atoms with Crippen LogP contribution in [0.25, 0.3) is 10.2 Å². The summed E-state index contributed by atoms with van der Waals surface area (Å²) in [5, 5.41) is 0. The fourth-order valence-electron chi connectivity index (χ4n) is 3.78. The molecule has 0 saturated carbocycles. The highest BCUT2D eigenvalue weighted by Crippen LogP contribution is 2.38. The van der Waals surface area contributed by atoms with Gasteiger partial charge in [-0.1, -0.05) is 6.07 Å². The van der Waals surface area contributed by atoms with Crippen LogP contribution in [0.1, 0.15) is 34.8 Å². The zero-order valence-electron chi connectivity index (χ0n) is 14.2. The first-order valence-electron chi connectivity index (χ1n) is 8.83. The van der Waals surface area contributed by atoms with Crippen molar-refractivity contribution in [3.63, 3.8) is 0 Å². The second-order valence-electron chi connectivity index (χ2n) is 6.59. The summed E-state index contributed by atoms with van der Waals surface area (Å²) in [6.07, 6.45) is 1.97. The molecule has 3 heterocycles. The van der Waals surface area contributed by atoms with Gasteiger partial charge in [0.25, 0.3) is 5.91 Å². The van der Waals surface area contributed by atoms with Crippen LogP contribution in [-0.4, -0.2) is 35.5 Å². The van der Waals surface area contributed by atoms with Gasteiger partial charge in [0.15, 0.2) is 11.5 Å². The Labute approximate surface area is 155 Å². The fourth-order valence-corrected chi connectivity index (χ4v) is 4.49. The minimum atomic E-state index is 0.0792. The SMILES string of the molecule is O=C(c1ccc2ncsc2c1)N1CCC[C@@H]1c1ccc2c(c1)OCCO2. The third-order valence-corrected chi connectivity index (χ3v) is 5.83. The highest BCUT2D eigenvalue weighted by molar-refractivity contribution is 7.16. The largest absolute Gasteiger partial charge is 0.486 e. The summed E-state index contributed by atoms with van der Waals surface area (Å²) < 4.78 is 12.4. The topological polar surface area (TPSA) is 51.7 Å². The van der Waals surface area contributed by atoms with E-state index in [1.807, 2.05) is 40.7 Å². The van der Waals surface area contributed by atoms with E-state index in [1.165, 1.54) is 0 Å². The number of ether oxygens (including phenoxy) is 2. The van der Waals surface area contributed by atoms with Crippen LogP contribution in [0.2, 0.25) is 0 Å². The molecule has 1 amide bonds. The fraction of sp³-hybridized carbons (Fsp3) is 0.300. The average Bonchev–Trinajstić information content (AvgIpc) is 3.35. The van der Waals surface area contributed by atoms with E-state index in [9.17, 15) is 4.79 Å². The van der Waals surface area contributed by atoms with Crippen LogP contribution in [0, 0.1) is 0 Å². The van der Waals surface area contributed by atoms with Crippen LogP contribution >= 0.6 is 11.3 Å². The van der Waals surface area contributed by atoms with Crippen LogP contribution in [-0.2, 0) is 0 Å². The summed E-state index contributed by atoms with van der Waals surface area (Å²) in [5.41, 5.74) is 4.59. The number of carbonyl (C=O) groups is 1. The smallest absolute Gasteiger partial charge is 0.254 e. The molecule has 132 valence electrons. The number of carbonyl (C=O) groups excluding carboxylic acids is 1. The summed E-state index contributed by atoms with van der Waals surface area (Å²) in [6.45, 7) is 1.93. The van der Waals surface area contributed by atoms with Gasteiger partial charge in [-0.05, 0) is 48.7 Å². The van der Waals surface area contributed by atoms with Crippen LogP contribution < -0.4 is 9.47 Å². The number of nitrogens with zero attached hydrogens (tertiary/aromatic N) is 2. The molecule has 3 aromatic rings. The zero-order chi connectivity index (χ0) is 17.5. The molecule has 2 aromatic carbocycles. The highest BCUT2D eigenvalue weighted by Gasteiger charge is 2.31. The third kappa shape index (κ3) is 2.61. The molecule has 0 aliphatic carbocycles. The van der Waals surface area contributed by atoms with Crippen molar-refractivity contribution >= 4 is 27.5 Å². The first-order chi connectivity index (χ1) is 12.8. The minimum absolute atomic E-state index is 0.0792. The van der Waals surface area contributed by atoms with Gasteiger partial charge in [0, 0.05) is 12.1 Å². The van der Waals surface area contributed by atoms with Crippen LogP contribution in [0.4, 0.5) is 0 Å². The number of amides is 1. The Morgan fingerprint density at radius 3 is 2.92 bits per heavy atom. The van der Waals surface area contributed by atoms with E-state index in [4.69, 9.17) is 9.47 Å². The number of likely N-dealkylation sites (tertiary alicyclic amines) is 1. The quantitative estimate of drug-likeness (QED) is 0.687. The Bertz CT molecular complexity index is 984. The van der Waals surface area contributed by atoms with Crippen molar-refractivity contribution < 1.29 is 14.3 Å². The molecule has 5 rings (SSSR count). The van der Waals surface area contributed by atoms with E-state index in [1.54, 1.807) is 11.3 Å². The normalized spacial score (nSPS) is 19.1. The molecule has 0 N–H and O–H groups in total. The lowest BCUT2D eigenvalue weighted by molar-refractivity contribution is 0.0735. The van der Waals surface area contributed by atoms with Gasteiger partial charge in [0.2, 0.25) is 0 Å². The highest BCUT2D eigenvalue weighted by atomic mass is 32.1. The van der Waals surface area contributed by atoms with Crippen LogP contribution in [0.5, 0.6) is 11.5 Å². The maximum absolute atomic E-state index is 13.1. The average molecular weight is 366 g/mol. The molecule has 2 aliphatic heterocycles. The van der Waals surface area contributed by atoms with Gasteiger partial charge in [-0.15, -0.1) is 11.3 Å². The molecule has 26 heavy (non-hydrogen) atoms. The molecule has 0 bridgehead atoms. The maximum atomic E-state index is 13.1. The van der Waals surface area contributed by atoms with E-state index in [2.05, 4.69) is 11.1 Å². The van der Waals surface area contributed by atoms with Gasteiger partial charge in [-0.25, -0.2) is 4.98 Å². The van der Waals surface area contributed by atoms with Crippen molar-refractivity contribution in [2.75, 3.05) is 19.8 Å². The van der Waals surface area contributed by atoms with E-state index in [0.29, 0.717) is 13.2 Å². The van der Waals surface area contributed by atoms with E-state index in [-0.39, 0.29) is 11.9 Å². The first-order valence-corrected chi connectivity index (χ1v) is 9.71. The maximum Gasteiger partial charge on any atom is 0.254 e.